The molecular weight excluding hydrogens is 332 g/mol. The number of aromatic carboxylic acids is 1. The van der Waals surface area contributed by atoms with Crippen LogP contribution >= 0.6 is 27.7 Å². The standard InChI is InChI=1S/C13H9BrO4S/c1-19-10-6-9(7-2-4-8(14)5-3-7)18-13(17)11(10)12(15)16/h2-6H,1H3,(H,15,16). The third-order valence-electron chi connectivity index (χ3n) is 2.48. The monoisotopic (exact) mass is 340 g/mol. The van der Waals surface area contributed by atoms with Crippen molar-refractivity contribution in [1.29, 1.82) is 0 Å². The minimum atomic E-state index is -1.28. The summed E-state index contributed by atoms with van der Waals surface area (Å²) < 4.78 is 5.98. The van der Waals surface area contributed by atoms with Crippen molar-refractivity contribution in [2.75, 3.05) is 6.26 Å². The lowest BCUT2D eigenvalue weighted by Crippen LogP contribution is -2.15. The largest absolute Gasteiger partial charge is 0.477 e. The molecule has 98 valence electrons. The van der Waals surface area contributed by atoms with Crippen LogP contribution in [0, 0.1) is 0 Å². The zero-order valence-corrected chi connectivity index (χ0v) is 12.2. The maximum atomic E-state index is 11.7. The van der Waals surface area contributed by atoms with E-state index in [1.807, 2.05) is 12.1 Å². The fourth-order valence-electron chi connectivity index (χ4n) is 1.58. The Morgan fingerprint density at radius 1 is 1.32 bits per heavy atom. The van der Waals surface area contributed by atoms with E-state index in [2.05, 4.69) is 15.9 Å². The van der Waals surface area contributed by atoms with Gasteiger partial charge in [-0.2, -0.15) is 0 Å². The van der Waals surface area contributed by atoms with Gasteiger partial charge in [-0.05, 0) is 24.5 Å². The van der Waals surface area contributed by atoms with Crippen molar-refractivity contribution in [2.24, 2.45) is 0 Å². The normalized spacial score (nSPS) is 10.4. The number of carboxylic acid groups (broad SMARTS) is 1. The molecular formula is C13H9BrO4S. The molecule has 0 saturated carbocycles. The van der Waals surface area contributed by atoms with Crippen molar-refractivity contribution in [3.05, 3.63) is 50.8 Å². The molecule has 1 heterocycles. The Morgan fingerprint density at radius 2 is 1.95 bits per heavy atom. The predicted octanol–water partition coefficient (Wildman–Crippen LogP) is 3.49. The molecule has 4 nitrogen and oxygen atoms in total. The van der Waals surface area contributed by atoms with Crippen molar-refractivity contribution < 1.29 is 14.3 Å². The highest BCUT2D eigenvalue weighted by Crippen LogP contribution is 2.26. The molecule has 19 heavy (non-hydrogen) atoms. The fourth-order valence-corrected chi connectivity index (χ4v) is 2.45. The second-order valence-electron chi connectivity index (χ2n) is 3.65. The van der Waals surface area contributed by atoms with Gasteiger partial charge in [-0.15, -0.1) is 11.8 Å². The lowest BCUT2D eigenvalue weighted by atomic mass is 10.1. The molecule has 0 aliphatic heterocycles. The Hall–Kier alpha value is -1.53. The van der Waals surface area contributed by atoms with Gasteiger partial charge in [0.25, 0.3) is 0 Å². The van der Waals surface area contributed by atoms with Crippen molar-refractivity contribution in [1.82, 2.24) is 0 Å². The van der Waals surface area contributed by atoms with Gasteiger partial charge in [0.2, 0.25) is 0 Å². The minimum absolute atomic E-state index is 0.326. The van der Waals surface area contributed by atoms with E-state index in [1.165, 1.54) is 11.8 Å². The molecule has 0 atom stereocenters. The Balaban J connectivity index is 2.61. The fraction of sp³-hybridized carbons (Fsp3) is 0.0769. The summed E-state index contributed by atoms with van der Waals surface area (Å²) in [6, 6.07) is 8.77. The number of hydrogen-bond acceptors (Lipinski definition) is 4. The second-order valence-corrected chi connectivity index (χ2v) is 5.42. The average molecular weight is 341 g/mol. The molecule has 0 bridgehead atoms. The molecule has 0 aliphatic rings. The van der Waals surface area contributed by atoms with Gasteiger partial charge in [0.05, 0.1) is 0 Å². The predicted molar refractivity (Wildman–Crippen MR) is 76.9 cm³/mol. The quantitative estimate of drug-likeness (QED) is 0.866. The van der Waals surface area contributed by atoms with Gasteiger partial charge in [-0.3, -0.25) is 0 Å². The number of hydrogen-bond donors (Lipinski definition) is 1. The molecule has 1 N–H and O–H groups in total. The molecule has 0 fully saturated rings. The van der Waals surface area contributed by atoms with Crippen molar-refractivity contribution in [3.8, 4) is 11.3 Å². The maximum Gasteiger partial charge on any atom is 0.352 e. The van der Waals surface area contributed by atoms with E-state index in [-0.39, 0.29) is 5.56 Å². The molecule has 0 radical (unpaired) electrons. The molecule has 1 aromatic carbocycles. The Kier molecular flexibility index (Phi) is 4.11. The zero-order valence-electron chi connectivity index (χ0n) is 9.84. The lowest BCUT2D eigenvalue weighted by Gasteiger charge is -2.05. The summed E-state index contributed by atoms with van der Waals surface area (Å²) in [7, 11) is 0. The van der Waals surface area contributed by atoms with E-state index in [4.69, 9.17) is 9.52 Å². The molecule has 2 aromatic rings. The smallest absolute Gasteiger partial charge is 0.352 e. The van der Waals surface area contributed by atoms with Crippen LogP contribution in [0.1, 0.15) is 10.4 Å². The highest BCUT2D eigenvalue weighted by molar-refractivity contribution is 9.10. The van der Waals surface area contributed by atoms with Crippen LogP contribution in [0.2, 0.25) is 0 Å². The molecule has 0 saturated heterocycles. The minimum Gasteiger partial charge on any atom is -0.477 e. The van der Waals surface area contributed by atoms with Crippen LogP contribution in [0.25, 0.3) is 11.3 Å². The molecule has 0 amide bonds. The summed E-state index contributed by atoms with van der Waals surface area (Å²) in [6.45, 7) is 0. The molecule has 1 aromatic heterocycles. The molecule has 6 heteroatoms. The third kappa shape index (κ3) is 2.90. The van der Waals surface area contributed by atoms with Crippen LogP contribution in [-0.4, -0.2) is 17.3 Å². The van der Waals surface area contributed by atoms with Gasteiger partial charge in [-0.1, -0.05) is 28.1 Å². The zero-order chi connectivity index (χ0) is 14.0. The van der Waals surface area contributed by atoms with Crippen LogP contribution in [0.4, 0.5) is 0 Å². The topological polar surface area (TPSA) is 67.5 Å². The summed E-state index contributed by atoms with van der Waals surface area (Å²) in [6.07, 6.45) is 1.71. The first-order valence-electron chi connectivity index (χ1n) is 5.24. The molecule has 0 spiro atoms. The number of carbonyl (C=O) groups is 1. The second kappa shape index (κ2) is 5.63. The number of halogens is 1. The summed E-state index contributed by atoms with van der Waals surface area (Å²) in [5, 5.41) is 9.00. The highest BCUT2D eigenvalue weighted by Gasteiger charge is 2.18. The molecule has 0 aliphatic carbocycles. The SMILES string of the molecule is CSc1cc(-c2ccc(Br)cc2)oc(=O)c1C(=O)O. The van der Waals surface area contributed by atoms with Crippen molar-refractivity contribution in [3.63, 3.8) is 0 Å². The first kappa shape index (κ1) is 13.9. The lowest BCUT2D eigenvalue weighted by molar-refractivity contribution is 0.0688. The van der Waals surface area contributed by atoms with Crippen molar-refractivity contribution in [2.45, 2.75) is 4.90 Å². The van der Waals surface area contributed by atoms with Crippen LogP contribution < -0.4 is 5.63 Å². The van der Waals surface area contributed by atoms with E-state index in [0.717, 1.165) is 4.47 Å². The van der Waals surface area contributed by atoms with E-state index in [9.17, 15) is 9.59 Å². The molecule has 0 unspecified atom stereocenters. The Labute approximate surface area is 121 Å². The summed E-state index contributed by atoms with van der Waals surface area (Å²) in [4.78, 5) is 23.1. The van der Waals surface area contributed by atoms with Gasteiger partial charge in [0, 0.05) is 14.9 Å². The average Bonchev–Trinajstić information content (AvgIpc) is 2.38. The number of rotatable bonds is 3. The number of thioether (sulfide) groups is 1. The van der Waals surface area contributed by atoms with E-state index >= 15 is 0 Å². The Bertz CT molecular complexity index is 676. The third-order valence-corrected chi connectivity index (χ3v) is 3.77. The van der Waals surface area contributed by atoms with Crippen LogP contribution in [-0.2, 0) is 0 Å². The van der Waals surface area contributed by atoms with Gasteiger partial charge < -0.3 is 9.52 Å². The van der Waals surface area contributed by atoms with Crippen molar-refractivity contribution >= 4 is 33.7 Å². The number of benzene rings is 1. The van der Waals surface area contributed by atoms with Gasteiger partial charge in [-0.25, -0.2) is 9.59 Å². The van der Waals surface area contributed by atoms with E-state index < -0.39 is 11.6 Å². The van der Waals surface area contributed by atoms with E-state index in [1.54, 1.807) is 24.5 Å². The van der Waals surface area contributed by atoms with E-state index in [0.29, 0.717) is 16.2 Å². The van der Waals surface area contributed by atoms with Crippen LogP contribution in [0.3, 0.4) is 0 Å². The summed E-state index contributed by atoms with van der Waals surface area (Å²) in [5.74, 6) is -0.924. The summed E-state index contributed by atoms with van der Waals surface area (Å²) >= 11 is 4.52. The van der Waals surface area contributed by atoms with Crippen LogP contribution in [0.15, 0.2) is 48.9 Å². The first-order chi connectivity index (χ1) is 9.02. The highest BCUT2D eigenvalue weighted by atomic mass is 79.9. The van der Waals surface area contributed by atoms with Gasteiger partial charge in [0.15, 0.2) is 5.56 Å². The van der Waals surface area contributed by atoms with Gasteiger partial charge >= 0.3 is 11.6 Å². The Morgan fingerprint density at radius 3 is 2.47 bits per heavy atom. The summed E-state index contributed by atoms with van der Waals surface area (Å²) in [5.41, 5.74) is -0.446. The van der Waals surface area contributed by atoms with Gasteiger partial charge in [0.1, 0.15) is 5.76 Å². The van der Waals surface area contributed by atoms with Crippen LogP contribution in [0.5, 0.6) is 0 Å². The first-order valence-corrected chi connectivity index (χ1v) is 7.26. The number of carboxylic acids is 1. The maximum absolute atomic E-state index is 11.7. The molecule has 2 rings (SSSR count).